The first kappa shape index (κ1) is 10.2. The molecule has 1 aliphatic rings. The van der Waals surface area contributed by atoms with Gasteiger partial charge in [0.2, 0.25) is 0 Å². The van der Waals surface area contributed by atoms with E-state index in [0.29, 0.717) is 5.92 Å². The number of aliphatic hydroxyl groups excluding tert-OH is 2. The minimum Gasteiger partial charge on any atom is -0.396 e. The summed E-state index contributed by atoms with van der Waals surface area (Å²) in [6, 6.07) is 0. The summed E-state index contributed by atoms with van der Waals surface area (Å²) in [6.07, 6.45) is 0. The van der Waals surface area contributed by atoms with Gasteiger partial charge in [0.25, 0.3) is 0 Å². The molecule has 0 saturated carbocycles. The average Bonchev–Trinajstić information content (AvgIpc) is 1.78. The molecule has 0 aliphatic carbocycles. The minimum atomic E-state index is 0. The molecule has 0 aromatic heterocycles. The zero-order chi connectivity index (χ0) is 6.69. The van der Waals surface area contributed by atoms with Gasteiger partial charge in [0.1, 0.15) is 0 Å². The smallest absolute Gasteiger partial charge is 0.0484 e. The maximum absolute atomic E-state index is 8.67. The van der Waals surface area contributed by atoms with Crippen molar-refractivity contribution in [2.24, 2.45) is 11.8 Å². The highest BCUT2D eigenvalue weighted by molar-refractivity contribution is 5.85. The fourth-order valence-corrected chi connectivity index (χ4v) is 1.00. The molecule has 0 atom stereocenters. The van der Waals surface area contributed by atoms with Gasteiger partial charge in [-0.05, 0) is 19.0 Å². The molecule has 3 nitrogen and oxygen atoms in total. The van der Waals surface area contributed by atoms with E-state index in [-0.39, 0.29) is 31.5 Å². The van der Waals surface area contributed by atoms with Gasteiger partial charge in [-0.3, -0.25) is 0 Å². The SMILES string of the molecule is Cl.OCC(CO)C1CNC1. The van der Waals surface area contributed by atoms with E-state index in [2.05, 4.69) is 5.32 Å². The monoisotopic (exact) mass is 167 g/mol. The zero-order valence-corrected chi connectivity index (χ0v) is 6.60. The van der Waals surface area contributed by atoms with Crippen molar-refractivity contribution >= 4 is 12.4 Å². The molecule has 0 radical (unpaired) electrons. The third-order valence-electron chi connectivity index (χ3n) is 1.95. The molecule has 0 aromatic carbocycles. The molecule has 0 bridgehead atoms. The van der Waals surface area contributed by atoms with Crippen molar-refractivity contribution in [3.63, 3.8) is 0 Å². The van der Waals surface area contributed by atoms with Gasteiger partial charge in [0, 0.05) is 19.1 Å². The normalized spacial score (nSPS) is 18.3. The van der Waals surface area contributed by atoms with Gasteiger partial charge in [0.15, 0.2) is 0 Å². The van der Waals surface area contributed by atoms with Crippen LogP contribution in [0.5, 0.6) is 0 Å². The van der Waals surface area contributed by atoms with Crippen LogP contribution in [-0.2, 0) is 0 Å². The van der Waals surface area contributed by atoms with Crippen molar-refractivity contribution in [1.29, 1.82) is 0 Å². The van der Waals surface area contributed by atoms with Crippen molar-refractivity contribution in [3.05, 3.63) is 0 Å². The van der Waals surface area contributed by atoms with Crippen LogP contribution >= 0.6 is 12.4 Å². The first-order valence-corrected chi connectivity index (χ1v) is 3.31. The zero-order valence-electron chi connectivity index (χ0n) is 5.79. The van der Waals surface area contributed by atoms with E-state index in [0.717, 1.165) is 13.1 Å². The standard InChI is InChI=1S/C6H13NO2.ClH/c8-3-6(4-9)5-1-7-2-5;/h5-9H,1-4H2;1H. The summed E-state index contributed by atoms with van der Waals surface area (Å²) in [4.78, 5) is 0. The number of hydrogen-bond acceptors (Lipinski definition) is 3. The van der Waals surface area contributed by atoms with Gasteiger partial charge >= 0.3 is 0 Å². The second-order valence-corrected chi connectivity index (χ2v) is 2.54. The van der Waals surface area contributed by atoms with Gasteiger partial charge < -0.3 is 15.5 Å². The summed E-state index contributed by atoms with van der Waals surface area (Å²) in [5, 5.41) is 20.4. The predicted molar refractivity (Wildman–Crippen MR) is 41.3 cm³/mol. The maximum Gasteiger partial charge on any atom is 0.0484 e. The third kappa shape index (κ3) is 2.09. The van der Waals surface area contributed by atoms with Crippen LogP contribution in [0.2, 0.25) is 0 Å². The van der Waals surface area contributed by atoms with Crippen molar-refractivity contribution < 1.29 is 10.2 Å². The Morgan fingerprint density at radius 3 is 1.90 bits per heavy atom. The fraction of sp³-hybridized carbons (Fsp3) is 1.00. The van der Waals surface area contributed by atoms with Crippen LogP contribution in [0.3, 0.4) is 0 Å². The number of halogens is 1. The highest BCUT2D eigenvalue weighted by Gasteiger charge is 2.25. The van der Waals surface area contributed by atoms with E-state index in [1.54, 1.807) is 0 Å². The molecular weight excluding hydrogens is 154 g/mol. The van der Waals surface area contributed by atoms with Gasteiger partial charge in [-0.25, -0.2) is 0 Å². The molecule has 0 spiro atoms. The molecule has 4 heteroatoms. The Balaban J connectivity index is 0.000000810. The van der Waals surface area contributed by atoms with E-state index in [1.165, 1.54) is 0 Å². The fourth-order valence-electron chi connectivity index (χ4n) is 1.00. The van der Waals surface area contributed by atoms with Crippen molar-refractivity contribution in [2.75, 3.05) is 26.3 Å². The molecule has 3 N–H and O–H groups in total. The Morgan fingerprint density at radius 2 is 1.80 bits per heavy atom. The third-order valence-corrected chi connectivity index (χ3v) is 1.95. The molecule has 1 saturated heterocycles. The van der Waals surface area contributed by atoms with Crippen LogP contribution in [0.4, 0.5) is 0 Å². The summed E-state index contributed by atoms with van der Waals surface area (Å²) in [5.74, 6) is 0.603. The summed E-state index contributed by atoms with van der Waals surface area (Å²) >= 11 is 0. The first-order valence-electron chi connectivity index (χ1n) is 3.31. The van der Waals surface area contributed by atoms with Crippen LogP contribution in [0.1, 0.15) is 0 Å². The van der Waals surface area contributed by atoms with Gasteiger partial charge in [0.05, 0.1) is 0 Å². The Morgan fingerprint density at radius 1 is 1.30 bits per heavy atom. The van der Waals surface area contributed by atoms with Gasteiger partial charge in [-0.15, -0.1) is 12.4 Å². The Kier molecular flexibility index (Phi) is 4.99. The lowest BCUT2D eigenvalue weighted by molar-refractivity contribution is 0.0822. The van der Waals surface area contributed by atoms with Gasteiger partial charge in [-0.1, -0.05) is 0 Å². The predicted octanol–water partition coefficient (Wildman–Crippen LogP) is -0.772. The molecule has 1 rings (SSSR count). The van der Waals surface area contributed by atoms with Crippen LogP contribution in [-0.4, -0.2) is 36.5 Å². The molecular formula is C6H14ClNO2. The molecule has 1 heterocycles. The van der Waals surface area contributed by atoms with Crippen LogP contribution in [0, 0.1) is 11.8 Å². The molecule has 0 unspecified atom stereocenters. The molecule has 1 aliphatic heterocycles. The van der Waals surface area contributed by atoms with E-state index < -0.39 is 0 Å². The molecule has 0 amide bonds. The highest BCUT2D eigenvalue weighted by atomic mass is 35.5. The number of rotatable bonds is 3. The van der Waals surface area contributed by atoms with Crippen molar-refractivity contribution in [1.82, 2.24) is 5.32 Å². The maximum atomic E-state index is 8.67. The Labute approximate surface area is 66.8 Å². The molecule has 0 aromatic rings. The quantitative estimate of drug-likeness (QED) is 0.518. The summed E-state index contributed by atoms with van der Waals surface area (Å²) in [7, 11) is 0. The van der Waals surface area contributed by atoms with E-state index in [1.807, 2.05) is 0 Å². The van der Waals surface area contributed by atoms with E-state index >= 15 is 0 Å². The van der Waals surface area contributed by atoms with E-state index in [4.69, 9.17) is 10.2 Å². The first-order chi connectivity index (χ1) is 4.38. The van der Waals surface area contributed by atoms with Crippen molar-refractivity contribution in [3.8, 4) is 0 Å². The lowest BCUT2D eigenvalue weighted by Gasteiger charge is -2.32. The van der Waals surface area contributed by atoms with Crippen molar-refractivity contribution in [2.45, 2.75) is 0 Å². The second kappa shape index (κ2) is 4.91. The molecule has 1 fully saturated rings. The number of aliphatic hydroxyl groups is 2. The second-order valence-electron chi connectivity index (χ2n) is 2.54. The summed E-state index contributed by atoms with van der Waals surface area (Å²) in [6.45, 7) is 2.13. The Bertz CT molecular complexity index is 83.8. The lowest BCUT2D eigenvalue weighted by Crippen LogP contribution is -2.48. The van der Waals surface area contributed by atoms with Crippen LogP contribution in [0.15, 0.2) is 0 Å². The van der Waals surface area contributed by atoms with Gasteiger partial charge in [-0.2, -0.15) is 0 Å². The summed E-state index contributed by atoms with van der Waals surface area (Å²) in [5.41, 5.74) is 0. The lowest BCUT2D eigenvalue weighted by atomic mass is 9.89. The Hall–Kier alpha value is 0.170. The van der Waals surface area contributed by atoms with E-state index in [9.17, 15) is 0 Å². The number of nitrogens with one attached hydrogen (secondary N) is 1. The highest BCUT2D eigenvalue weighted by Crippen LogP contribution is 2.14. The average molecular weight is 168 g/mol. The topological polar surface area (TPSA) is 52.5 Å². The molecule has 10 heavy (non-hydrogen) atoms. The number of hydrogen-bond donors (Lipinski definition) is 3. The minimum absolute atomic E-state index is 0. The largest absolute Gasteiger partial charge is 0.396 e. The van der Waals surface area contributed by atoms with Crippen LogP contribution < -0.4 is 5.32 Å². The summed E-state index contributed by atoms with van der Waals surface area (Å²) < 4.78 is 0. The van der Waals surface area contributed by atoms with Crippen LogP contribution in [0.25, 0.3) is 0 Å². The molecule has 62 valence electrons.